The van der Waals surface area contributed by atoms with Crippen molar-refractivity contribution < 1.29 is 19.2 Å². The van der Waals surface area contributed by atoms with Gasteiger partial charge >= 0.3 is 6.03 Å². The molecule has 1 saturated carbocycles. The zero-order chi connectivity index (χ0) is 26.5. The van der Waals surface area contributed by atoms with Crippen LogP contribution in [0.2, 0.25) is 0 Å². The number of amides is 5. The number of carbonyl (C=O) groups is 4. The lowest BCUT2D eigenvalue weighted by molar-refractivity contribution is -0.128. The number of aromatic nitrogens is 1. The van der Waals surface area contributed by atoms with Gasteiger partial charge in [-0.15, -0.1) is 0 Å². The minimum absolute atomic E-state index is 0.140. The van der Waals surface area contributed by atoms with E-state index in [9.17, 15) is 19.2 Å². The van der Waals surface area contributed by atoms with Crippen LogP contribution >= 0.6 is 0 Å². The minimum atomic E-state index is -0.796. The van der Waals surface area contributed by atoms with Crippen LogP contribution in [0.4, 0.5) is 4.79 Å². The van der Waals surface area contributed by atoms with Gasteiger partial charge in [-0.05, 0) is 43.2 Å². The number of rotatable bonds is 12. The molecule has 1 aliphatic heterocycles. The van der Waals surface area contributed by atoms with E-state index in [1.54, 1.807) is 17.9 Å². The molecule has 1 saturated heterocycles. The second-order valence-corrected chi connectivity index (χ2v) is 10.7. The summed E-state index contributed by atoms with van der Waals surface area (Å²) in [6, 6.07) is 7.74. The molecule has 1 aliphatic carbocycles. The molecular weight excluding hydrogens is 472 g/mol. The van der Waals surface area contributed by atoms with Gasteiger partial charge in [0.2, 0.25) is 11.8 Å². The molecule has 0 spiro atoms. The summed E-state index contributed by atoms with van der Waals surface area (Å²) < 4.78 is 0. The predicted molar refractivity (Wildman–Crippen MR) is 141 cm³/mol. The van der Waals surface area contributed by atoms with Gasteiger partial charge in [-0.25, -0.2) is 4.79 Å². The second kappa shape index (κ2) is 11.7. The van der Waals surface area contributed by atoms with Crippen molar-refractivity contribution in [2.24, 2.45) is 17.8 Å². The Bertz CT molecular complexity index is 1110. The Balaban J connectivity index is 1.46. The van der Waals surface area contributed by atoms with Gasteiger partial charge in [0, 0.05) is 37.1 Å². The number of benzene rings is 1. The highest BCUT2D eigenvalue weighted by atomic mass is 16.2. The van der Waals surface area contributed by atoms with Gasteiger partial charge in [-0.2, -0.15) is 0 Å². The number of carbonyl (C=O) groups excluding carboxylic acids is 4. The third-order valence-corrected chi connectivity index (χ3v) is 7.07. The molecule has 2 aromatic rings. The van der Waals surface area contributed by atoms with E-state index in [1.165, 1.54) is 0 Å². The topological polar surface area (TPSA) is 135 Å². The molecule has 1 aromatic heterocycles. The fraction of sp³-hybridized carbons (Fsp3) is 0.556. The first kappa shape index (κ1) is 26.5. The summed E-state index contributed by atoms with van der Waals surface area (Å²) in [4.78, 5) is 56.4. The summed E-state index contributed by atoms with van der Waals surface area (Å²) in [6.07, 6.45) is 2.67. The van der Waals surface area contributed by atoms with E-state index < -0.39 is 18.0 Å². The van der Waals surface area contributed by atoms with Crippen LogP contribution in [0, 0.1) is 17.8 Å². The molecule has 37 heavy (non-hydrogen) atoms. The van der Waals surface area contributed by atoms with E-state index in [-0.39, 0.29) is 36.2 Å². The third-order valence-electron chi connectivity index (χ3n) is 7.07. The minimum Gasteiger partial charge on any atom is -0.356 e. The molecule has 5 N–H and O–H groups in total. The summed E-state index contributed by atoms with van der Waals surface area (Å²) in [7, 11) is 0. The van der Waals surface area contributed by atoms with Gasteiger partial charge < -0.3 is 31.2 Å². The molecule has 1 unspecified atom stereocenters. The van der Waals surface area contributed by atoms with Crippen LogP contribution in [-0.4, -0.2) is 71.9 Å². The second-order valence-electron chi connectivity index (χ2n) is 10.7. The van der Waals surface area contributed by atoms with Gasteiger partial charge in [-0.3, -0.25) is 14.4 Å². The first-order valence-corrected chi connectivity index (χ1v) is 13.2. The van der Waals surface area contributed by atoms with Gasteiger partial charge in [0.25, 0.3) is 5.91 Å². The van der Waals surface area contributed by atoms with Crippen LogP contribution in [0.1, 0.15) is 50.5 Å². The standard InChI is InChI=1S/C27H38N6O4/c1-16(2)12-21(31-26(36)22-13-19-6-4-5-7-20(19)30-22)25(35)32-23(15-33-11-10-28-27(33)37)17(3)24(34)29-14-18-8-9-18/h4-7,13,16-18,21,23,30H,8-12,14-15H2,1-3H3,(H,28,37)(H,29,34)(H,31,36)(H,32,35)/t17?,21-,23-/m0/s1. The number of nitrogens with one attached hydrogen (secondary N) is 5. The van der Waals surface area contributed by atoms with E-state index in [1.807, 2.05) is 38.1 Å². The fourth-order valence-corrected chi connectivity index (χ4v) is 4.58. The van der Waals surface area contributed by atoms with Crippen molar-refractivity contribution in [3.8, 4) is 0 Å². The Morgan fingerprint density at radius 1 is 1.08 bits per heavy atom. The molecule has 200 valence electrons. The van der Waals surface area contributed by atoms with Crippen molar-refractivity contribution in [3.63, 3.8) is 0 Å². The summed E-state index contributed by atoms with van der Waals surface area (Å²) in [5.41, 5.74) is 1.22. The molecule has 1 aromatic carbocycles. The Labute approximate surface area is 217 Å². The molecule has 10 nitrogen and oxygen atoms in total. The Kier molecular flexibility index (Phi) is 8.35. The number of hydrogen-bond acceptors (Lipinski definition) is 4. The monoisotopic (exact) mass is 510 g/mol. The zero-order valence-electron chi connectivity index (χ0n) is 21.8. The maximum absolute atomic E-state index is 13.5. The SMILES string of the molecule is CC(C)C[C@H](NC(=O)c1cc2ccccc2[nH]1)C(=O)N[C@@H](CN1CCNC1=O)C(C)C(=O)NCC1CC1. The van der Waals surface area contributed by atoms with Crippen molar-refractivity contribution in [1.29, 1.82) is 0 Å². The van der Waals surface area contributed by atoms with Crippen molar-refractivity contribution >= 4 is 34.7 Å². The molecule has 0 bridgehead atoms. The maximum Gasteiger partial charge on any atom is 0.317 e. The van der Waals surface area contributed by atoms with Crippen LogP contribution in [0.5, 0.6) is 0 Å². The molecule has 10 heteroatoms. The molecule has 0 radical (unpaired) electrons. The van der Waals surface area contributed by atoms with Crippen LogP contribution in [0.25, 0.3) is 10.9 Å². The van der Waals surface area contributed by atoms with E-state index in [2.05, 4.69) is 26.3 Å². The van der Waals surface area contributed by atoms with Gasteiger partial charge in [-0.1, -0.05) is 39.0 Å². The van der Waals surface area contributed by atoms with Crippen LogP contribution in [0.3, 0.4) is 0 Å². The summed E-state index contributed by atoms with van der Waals surface area (Å²) >= 11 is 0. The third kappa shape index (κ3) is 7.02. The van der Waals surface area contributed by atoms with Crippen LogP contribution in [-0.2, 0) is 9.59 Å². The molecule has 2 fully saturated rings. The van der Waals surface area contributed by atoms with Gasteiger partial charge in [0.05, 0.1) is 12.0 Å². The largest absolute Gasteiger partial charge is 0.356 e. The number of nitrogens with zero attached hydrogens (tertiary/aromatic N) is 1. The van der Waals surface area contributed by atoms with Crippen molar-refractivity contribution in [2.45, 2.75) is 52.1 Å². The normalized spacial score (nSPS) is 17.8. The summed E-state index contributed by atoms with van der Waals surface area (Å²) in [6.45, 7) is 7.60. The highest BCUT2D eigenvalue weighted by Crippen LogP contribution is 2.27. The van der Waals surface area contributed by atoms with E-state index in [0.29, 0.717) is 37.7 Å². The molecule has 5 amide bonds. The Hall–Kier alpha value is -3.56. The number of H-pyrrole nitrogens is 1. The Morgan fingerprint density at radius 2 is 1.84 bits per heavy atom. The maximum atomic E-state index is 13.5. The van der Waals surface area contributed by atoms with Gasteiger partial charge in [0.15, 0.2) is 0 Å². The number of fused-ring (bicyclic) bond motifs is 1. The molecule has 3 atom stereocenters. The summed E-state index contributed by atoms with van der Waals surface area (Å²) in [5.74, 6) is -0.781. The lowest BCUT2D eigenvalue weighted by Crippen LogP contribution is -2.56. The summed E-state index contributed by atoms with van der Waals surface area (Å²) in [5, 5.41) is 12.5. The predicted octanol–water partition coefficient (Wildman–Crippen LogP) is 1.98. The lowest BCUT2D eigenvalue weighted by Gasteiger charge is -2.30. The van der Waals surface area contributed by atoms with Crippen LogP contribution in [0.15, 0.2) is 30.3 Å². The molecule has 2 aliphatic rings. The average Bonchev–Trinajstić information content (AvgIpc) is 3.45. The number of urea groups is 1. The van der Waals surface area contributed by atoms with E-state index in [4.69, 9.17) is 0 Å². The quantitative estimate of drug-likeness (QED) is 0.298. The number of aromatic amines is 1. The molecular formula is C27H38N6O4. The fourth-order valence-electron chi connectivity index (χ4n) is 4.58. The van der Waals surface area contributed by atoms with E-state index >= 15 is 0 Å². The number of para-hydroxylation sites is 1. The average molecular weight is 511 g/mol. The first-order valence-electron chi connectivity index (χ1n) is 13.2. The molecule has 2 heterocycles. The lowest BCUT2D eigenvalue weighted by atomic mass is 9.98. The smallest absolute Gasteiger partial charge is 0.317 e. The first-order chi connectivity index (χ1) is 17.7. The van der Waals surface area contributed by atoms with E-state index in [0.717, 1.165) is 23.7 Å². The van der Waals surface area contributed by atoms with Crippen LogP contribution < -0.4 is 21.3 Å². The van der Waals surface area contributed by atoms with Crippen molar-refractivity contribution in [3.05, 3.63) is 36.0 Å². The highest BCUT2D eigenvalue weighted by Gasteiger charge is 2.34. The zero-order valence-corrected chi connectivity index (χ0v) is 21.8. The van der Waals surface area contributed by atoms with Crippen molar-refractivity contribution in [1.82, 2.24) is 31.2 Å². The highest BCUT2D eigenvalue weighted by molar-refractivity contribution is 6.00. The number of hydrogen-bond donors (Lipinski definition) is 5. The van der Waals surface area contributed by atoms with Crippen molar-refractivity contribution in [2.75, 3.05) is 26.2 Å². The van der Waals surface area contributed by atoms with Gasteiger partial charge in [0.1, 0.15) is 11.7 Å². The Morgan fingerprint density at radius 3 is 2.49 bits per heavy atom. The molecule has 4 rings (SSSR count).